The number of carbonyl (C=O) groups excluding carboxylic acids is 2. The van der Waals surface area contributed by atoms with E-state index in [2.05, 4.69) is 9.97 Å². The van der Waals surface area contributed by atoms with Gasteiger partial charge >= 0.3 is 0 Å². The van der Waals surface area contributed by atoms with Crippen LogP contribution in [-0.4, -0.2) is 92.6 Å². The Labute approximate surface area is 334 Å². The Morgan fingerprint density at radius 2 is 0.982 bits per heavy atom. The Kier molecular flexibility index (Phi) is 11.0. The molecule has 0 aliphatic carbocycles. The van der Waals surface area contributed by atoms with E-state index in [4.69, 9.17) is 14.7 Å². The largest absolute Gasteiger partial charge is 0.457 e. The van der Waals surface area contributed by atoms with Crippen LogP contribution < -0.4 is 4.74 Å². The van der Waals surface area contributed by atoms with Crippen molar-refractivity contribution in [2.24, 2.45) is 0 Å². The van der Waals surface area contributed by atoms with Crippen molar-refractivity contribution in [1.29, 1.82) is 0 Å². The molecule has 2 saturated heterocycles. The number of H-pyrrole nitrogens is 2. The van der Waals surface area contributed by atoms with Crippen LogP contribution in [0, 0.1) is 0 Å². The topological polar surface area (TPSA) is 114 Å². The van der Waals surface area contributed by atoms with Gasteiger partial charge in [-0.15, -0.1) is 0 Å². The summed E-state index contributed by atoms with van der Waals surface area (Å²) in [5, 5.41) is 0. The molecule has 2 aliphatic rings. The molecule has 11 heteroatoms. The van der Waals surface area contributed by atoms with Gasteiger partial charge in [-0.05, 0) is 125 Å². The standard InChI is InChI=1S/C46H50N8O3/c1-51(2)41(33-13-7-5-8-14-33)45(55)53-27-11-17-39(53)43-47-29-37(49-43)31-19-23-35(24-20-31)57-36-25-21-32(22-26-36)38-30-48-44(50-38)40-18-12-28-54(40)46(56)42(52(3)4)34-15-9-6-10-16-34/h5-10,13-16,19-26,29-30,39-42H,11-12,17-18,27-28H2,1-4H3,(H,47,49)(H,48,50)/t39-,40-,41+,42+/m0/s1. The van der Waals surface area contributed by atoms with Gasteiger partial charge in [-0.1, -0.05) is 60.7 Å². The number of amides is 2. The van der Waals surface area contributed by atoms with Crippen LogP contribution in [0.25, 0.3) is 22.5 Å². The van der Waals surface area contributed by atoms with Crippen LogP contribution in [0.15, 0.2) is 122 Å². The third kappa shape index (κ3) is 7.99. The van der Waals surface area contributed by atoms with Gasteiger partial charge in [-0.2, -0.15) is 0 Å². The minimum Gasteiger partial charge on any atom is -0.457 e. The summed E-state index contributed by atoms with van der Waals surface area (Å²) in [7, 11) is 7.81. The number of likely N-dealkylation sites (tertiary alicyclic amines) is 2. The fourth-order valence-electron chi connectivity index (χ4n) is 8.38. The van der Waals surface area contributed by atoms with Crippen LogP contribution in [0.3, 0.4) is 0 Å². The van der Waals surface area contributed by atoms with Crippen molar-refractivity contribution < 1.29 is 14.3 Å². The molecular formula is C46H50N8O3. The first-order valence-corrected chi connectivity index (χ1v) is 19.8. The molecule has 4 atom stereocenters. The molecule has 8 rings (SSSR count). The number of aromatic nitrogens is 4. The van der Waals surface area contributed by atoms with Crippen LogP contribution >= 0.6 is 0 Å². The molecule has 0 radical (unpaired) electrons. The number of nitrogens with one attached hydrogen (secondary N) is 2. The number of aromatic amines is 2. The van der Waals surface area contributed by atoms with Gasteiger partial charge in [-0.25, -0.2) is 9.97 Å². The summed E-state index contributed by atoms with van der Waals surface area (Å²) in [6.07, 6.45) is 7.30. The SMILES string of the molecule is CN(C)[C@@H](C(=O)N1CCC[C@H]1c1ncc(-c2ccc(Oc3ccc(-c4cnc([C@@H]5CCCN5C(=O)[C@@H](c5ccccc5)N(C)C)[nH]4)cc3)cc2)[nH]1)c1ccccc1. The maximum absolute atomic E-state index is 13.9. The van der Waals surface area contributed by atoms with E-state index in [-0.39, 0.29) is 36.0 Å². The zero-order valence-electron chi connectivity index (χ0n) is 33.0. The van der Waals surface area contributed by atoms with Crippen LogP contribution in [0.4, 0.5) is 0 Å². The average molecular weight is 763 g/mol. The number of nitrogens with zero attached hydrogens (tertiary/aromatic N) is 6. The molecule has 292 valence electrons. The molecule has 2 fully saturated rings. The van der Waals surface area contributed by atoms with Crippen molar-refractivity contribution in [3.63, 3.8) is 0 Å². The summed E-state index contributed by atoms with van der Waals surface area (Å²) in [5.74, 6) is 3.24. The molecular weight excluding hydrogens is 713 g/mol. The molecule has 0 saturated carbocycles. The Bertz CT molecular complexity index is 2110. The van der Waals surface area contributed by atoms with Crippen molar-refractivity contribution in [2.45, 2.75) is 49.9 Å². The van der Waals surface area contributed by atoms with Crippen molar-refractivity contribution in [3.05, 3.63) is 144 Å². The van der Waals surface area contributed by atoms with Gasteiger partial charge < -0.3 is 24.5 Å². The maximum atomic E-state index is 13.9. The summed E-state index contributed by atoms with van der Waals surface area (Å²) in [6.45, 7) is 1.42. The van der Waals surface area contributed by atoms with Crippen LogP contribution in [0.2, 0.25) is 0 Å². The summed E-state index contributed by atoms with van der Waals surface area (Å²) < 4.78 is 6.22. The zero-order valence-corrected chi connectivity index (χ0v) is 33.0. The molecule has 57 heavy (non-hydrogen) atoms. The lowest BCUT2D eigenvalue weighted by atomic mass is 10.0. The number of rotatable bonds is 12. The minimum absolute atomic E-state index is 0.0946. The first-order chi connectivity index (χ1) is 27.7. The highest BCUT2D eigenvalue weighted by atomic mass is 16.5. The lowest BCUT2D eigenvalue weighted by Gasteiger charge is -2.31. The normalized spacial score (nSPS) is 18.0. The van der Waals surface area contributed by atoms with Crippen LogP contribution in [0.1, 0.15) is 72.6 Å². The van der Waals surface area contributed by atoms with Gasteiger partial charge in [0.15, 0.2) is 0 Å². The van der Waals surface area contributed by atoms with Crippen molar-refractivity contribution >= 4 is 11.8 Å². The molecule has 0 spiro atoms. The van der Waals surface area contributed by atoms with Gasteiger partial charge in [0.1, 0.15) is 35.2 Å². The molecule has 0 unspecified atom stereocenters. The van der Waals surface area contributed by atoms with Crippen LogP contribution in [-0.2, 0) is 9.59 Å². The van der Waals surface area contributed by atoms with Crippen molar-refractivity contribution in [2.75, 3.05) is 41.3 Å². The van der Waals surface area contributed by atoms with E-state index < -0.39 is 0 Å². The molecule has 11 nitrogen and oxygen atoms in total. The number of likely N-dealkylation sites (N-methyl/N-ethyl adjacent to an activating group) is 2. The van der Waals surface area contributed by atoms with Crippen molar-refractivity contribution in [1.82, 2.24) is 39.5 Å². The summed E-state index contributed by atoms with van der Waals surface area (Å²) in [4.78, 5) is 52.2. The number of benzene rings is 4. The highest BCUT2D eigenvalue weighted by Gasteiger charge is 2.38. The second-order valence-electron chi connectivity index (χ2n) is 15.4. The number of hydrogen-bond donors (Lipinski definition) is 2. The molecule has 2 amide bonds. The molecule has 4 heterocycles. The number of imidazole rings is 2. The lowest BCUT2D eigenvalue weighted by Crippen LogP contribution is -2.40. The minimum atomic E-state index is -0.350. The Balaban J connectivity index is 0.898. The third-order valence-corrected chi connectivity index (χ3v) is 11.2. The highest BCUT2D eigenvalue weighted by molar-refractivity contribution is 5.84. The van der Waals surface area contributed by atoms with E-state index >= 15 is 0 Å². The molecule has 2 N–H and O–H groups in total. The van der Waals surface area contributed by atoms with Gasteiger partial charge in [0.25, 0.3) is 0 Å². The Hall–Kier alpha value is -6.04. The number of carbonyl (C=O) groups is 2. The smallest absolute Gasteiger partial charge is 0.245 e. The van der Waals surface area contributed by atoms with Gasteiger partial charge in [0, 0.05) is 13.1 Å². The number of hydrogen-bond acceptors (Lipinski definition) is 7. The quantitative estimate of drug-likeness (QED) is 0.129. The van der Waals surface area contributed by atoms with Crippen LogP contribution in [0.5, 0.6) is 11.5 Å². The van der Waals surface area contributed by atoms with Crippen molar-refractivity contribution in [3.8, 4) is 34.0 Å². The van der Waals surface area contributed by atoms with E-state index in [1.165, 1.54) is 0 Å². The second-order valence-corrected chi connectivity index (χ2v) is 15.4. The van der Waals surface area contributed by atoms with Gasteiger partial charge in [0.05, 0.1) is 35.9 Å². The fourth-order valence-corrected chi connectivity index (χ4v) is 8.38. The zero-order chi connectivity index (χ0) is 39.5. The monoisotopic (exact) mass is 762 g/mol. The summed E-state index contributed by atoms with van der Waals surface area (Å²) >= 11 is 0. The Morgan fingerprint density at radius 3 is 1.35 bits per heavy atom. The predicted octanol–water partition coefficient (Wildman–Crippen LogP) is 8.19. The predicted molar refractivity (Wildman–Crippen MR) is 221 cm³/mol. The number of ether oxygens (including phenoxy) is 1. The van der Waals surface area contributed by atoms with E-state index in [9.17, 15) is 9.59 Å². The fraction of sp³-hybridized carbons (Fsp3) is 0.304. The van der Waals surface area contributed by atoms with E-state index in [0.717, 1.165) is 82.5 Å². The second kappa shape index (κ2) is 16.6. The Morgan fingerprint density at radius 1 is 0.596 bits per heavy atom. The molecule has 6 aromatic rings. The molecule has 2 aliphatic heterocycles. The molecule has 0 bridgehead atoms. The summed E-state index contributed by atoms with van der Waals surface area (Å²) in [6, 6.07) is 34.9. The first kappa shape index (κ1) is 37.9. The van der Waals surface area contributed by atoms with E-state index in [0.29, 0.717) is 13.1 Å². The molecule has 2 aromatic heterocycles. The maximum Gasteiger partial charge on any atom is 0.245 e. The van der Waals surface area contributed by atoms with Gasteiger partial charge in [0.2, 0.25) is 11.8 Å². The lowest BCUT2D eigenvalue weighted by molar-refractivity contribution is -0.138. The first-order valence-electron chi connectivity index (χ1n) is 19.8. The highest BCUT2D eigenvalue weighted by Crippen LogP contribution is 2.37. The molecule has 4 aromatic carbocycles. The van der Waals surface area contributed by atoms with E-state index in [1.54, 1.807) is 0 Å². The van der Waals surface area contributed by atoms with Gasteiger partial charge in [-0.3, -0.25) is 19.4 Å². The summed E-state index contributed by atoms with van der Waals surface area (Å²) in [5.41, 5.74) is 5.73. The third-order valence-electron chi connectivity index (χ3n) is 11.2. The van der Waals surface area contributed by atoms with E-state index in [1.807, 2.05) is 169 Å². The average Bonchev–Trinajstić information content (AvgIpc) is 4.06.